The van der Waals surface area contributed by atoms with E-state index in [4.69, 9.17) is 13.9 Å². The van der Waals surface area contributed by atoms with Gasteiger partial charge in [-0.05, 0) is 43.3 Å². The molecule has 12 heteroatoms. The van der Waals surface area contributed by atoms with Crippen molar-refractivity contribution in [1.29, 1.82) is 0 Å². The number of furan rings is 1. The number of rotatable bonds is 8. The van der Waals surface area contributed by atoms with Crippen LogP contribution < -0.4 is 9.04 Å². The quantitative estimate of drug-likeness (QED) is 0.112. The number of hydrogen-bond donors (Lipinski definition) is 0. The lowest BCUT2D eigenvalue weighted by Gasteiger charge is -2.22. The van der Waals surface area contributed by atoms with Crippen molar-refractivity contribution in [3.63, 3.8) is 0 Å². The number of amides is 1. The zero-order valence-electron chi connectivity index (χ0n) is 22.0. The summed E-state index contributed by atoms with van der Waals surface area (Å²) in [6, 6.07) is 24.8. The topological polar surface area (TPSA) is 146 Å². The van der Waals surface area contributed by atoms with Gasteiger partial charge in [-0.2, -0.15) is 4.31 Å². The Kier molecular flexibility index (Phi) is 7.71. The number of hydrogen-bond acceptors (Lipinski definition) is 9. The number of carbonyl (C=O) groups excluding carboxylic acids is 2. The molecule has 5 aromatic rings. The van der Waals surface area contributed by atoms with Gasteiger partial charge in [0.2, 0.25) is 0 Å². The van der Waals surface area contributed by atoms with E-state index in [0.29, 0.717) is 9.87 Å². The minimum absolute atomic E-state index is 0.0315. The molecule has 0 fully saturated rings. The fraction of sp³-hybridized carbons (Fsp3) is 0.0667. The first-order valence-corrected chi connectivity index (χ1v) is 14.0. The monoisotopic (exact) mass is 586 g/mol. The number of ether oxygens (including phenoxy) is 2. The molecule has 1 amide bonds. The van der Waals surface area contributed by atoms with Crippen molar-refractivity contribution in [2.45, 2.75) is 11.8 Å². The Bertz CT molecular complexity index is 1900. The summed E-state index contributed by atoms with van der Waals surface area (Å²) in [5.74, 6) is -0.460. The molecule has 42 heavy (non-hydrogen) atoms. The molecular formula is C30H22N2O9S. The summed E-state index contributed by atoms with van der Waals surface area (Å²) >= 11 is 0. The highest BCUT2D eigenvalue weighted by Crippen LogP contribution is 2.37. The van der Waals surface area contributed by atoms with Crippen LogP contribution in [0.5, 0.6) is 5.75 Å². The molecule has 4 aromatic carbocycles. The van der Waals surface area contributed by atoms with Gasteiger partial charge < -0.3 is 13.9 Å². The third-order valence-corrected chi connectivity index (χ3v) is 7.79. The van der Waals surface area contributed by atoms with Crippen LogP contribution in [0.2, 0.25) is 0 Å². The number of non-ortho nitro benzene ring substituents is 1. The minimum Gasteiger partial charge on any atom is -0.462 e. The molecule has 0 aliphatic rings. The summed E-state index contributed by atoms with van der Waals surface area (Å²) in [5.41, 5.74) is 0.132. The Hall–Kier alpha value is -5.49. The molecule has 5 rings (SSSR count). The van der Waals surface area contributed by atoms with Crippen LogP contribution in [-0.2, 0) is 14.8 Å². The van der Waals surface area contributed by atoms with Gasteiger partial charge >= 0.3 is 12.1 Å². The molecular weight excluding hydrogens is 564 g/mol. The lowest BCUT2D eigenvalue weighted by molar-refractivity contribution is -0.385. The van der Waals surface area contributed by atoms with Crippen LogP contribution in [0.15, 0.2) is 112 Å². The van der Waals surface area contributed by atoms with Gasteiger partial charge in [0.25, 0.3) is 15.7 Å². The van der Waals surface area contributed by atoms with E-state index in [0.717, 1.165) is 18.2 Å². The first-order valence-electron chi connectivity index (χ1n) is 12.6. The van der Waals surface area contributed by atoms with Crippen LogP contribution in [0.1, 0.15) is 17.3 Å². The molecule has 0 saturated carbocycles. The number of anilines is 1. The summed E-state index contributed by atoms with van der Waals surface area (Å²) in [5, 5.41) is 11.5. The maximum atomic E-state index is 13.9. The highest BCUT2D eigenvalue weighted by atomic mass is 32.2. The molecule has 0 bridgehead atoms. The molecule has 0 aliphatic heterocycles. The van der Waals surface area contributed by atoms with Gasteiger partial charge in [-0.1, -0.05) is 54.6 Å². The van der Waals surface area contributed by atoms with Crippen LogP contribution in [0.25, 0.3) is 22.3 Å². The maximum Gasteiger partial charge on any atom is 0.434 e. The smallest absolute Gasteiger partial charge is 0.434 e. The van der Waals surface area contributed by atoms with E-state index in [9.17, 15) is 28.1 Å². The number of carbonyl (C=O) groups is 2. The van der Waals surface area contributed by atoms with Crippen LogP contribution in [0, 0.1) is 10.1 Å². The summed E-state index contributed by atoms with van der Waals surface area (Å²) in [6.07, 6.45) is -1.31. The van der Waals surface area contributed by atoms with Gasteiger partial charge in [-0.15, -0.1) is 0 Å². The molecule has 212 valence electrons. The summed E-state index contributed by atoms with van der Waals surface area (Å²) in [7, 11) is -4.78. The average molecular weight is 587 g/mol. The number of nitro benzene ring substituents is 1. The highest BCUT2D eigenvalue weighted by Gasteiger charge is 2.35. The van der Waals surface area contributed by atoms with Gasteiger partial charge in [-0.3, -0.25) is 10.1 Å². The van der Waals surface area contributed by atoms with Crippen molar-refractivity contribution in [2.24, 2.45) is 0 Å². The number of sulfonamides is 1. The molecule has 1 aromatic heterocycles. The first kappa shape index (κ1) is 28.1. The zero-order chi connectivity index (χ0) is 29.9. The zero-order valence-corrected chi connectivity index (χ0v) is 22.8. The Morgan fingerprint density at radius 2 is 1.60 bits per heavy atom. The van der Waals surface area contributed by atoms with Crippen LogP contribution in [0.3, 0.4) is 0 Å². The van der Waals surface area contributed by atoms with Crippen LogP contribution >= 0.6 is 0 Å². The van der Waals surface area contributed by atoms with E-state index in [1.807, 2.05) is 0 Å². The van der Waals surface area contributed by atoms with E-state index >= 15 is 0 Å². The fourth-order valence-corrected chi connectivity index (χ4v) is 5.60. The van der Waals surface area contributed by atoms with E-state index < -0.39 is 37.6 Å². The second kappa shape index (κ2) is 11.6. The van der Waals surface area contributed by atoms with E-state index in [1.54, 1.807) is 55.5 Å². The molecule has 0 N–H and O–H groups in total. The number of nitro groups is 1. The van der Waals surface area contributed by atoms with Crippen molar-refractivity contribution in [2.75, 3.05) is 10.9 Å². The molecule has 0 spiro atoms. The van der Waals surface area contributed by atoms with Gasteiger partial charge in [-0.25, -0.2) is 18.0 Å². The predicted molar refractivity (Wildman–Crippen MR) is 153 cm³/mol. The van der Waals surface area contributed by atoms with Crippen molar-refractivity contribution < 1.29 is 36.8 Å². The van der Waals surface area contributed by atoms with Gasteiger partial charge in [0.15, 0.2) is 0 Å². The fourth-order valence-electron chi connectivity index (χ4n) is 4.25. The first-order chi connectivity index (χ1) is 20.2. The lowest BCUT2D eigenvalue weighted by Crippen LogP contribution is -2.39. The van der Waals surface area contributed by atoms with Gasteiger partial charge in [0, 0.05) is 23.1 Å². The number of esters is 1. The van der Waals surface area contributed by atoms with E-state index in [2.05, 4.69) is 0 Å². The molecule has 0 radical (unpaired) electrons. The molecule has 0 unspecified atom stereocenters. The lowest BCUT2D eigenvalue weighted by atomic mass is 10.1. The van der Waals surface area contributed by atoms with Gasteiger partial charge in [0.05, 0.1) is 22.1 Å². The standard InChI is InChI=1S/C30H22N2O9S/c1-2-39-29(33)27-25-19-21(16-17-26(25)41-28(27)20-10-5-3-6-11-20)31(30(34)40-23-13-7-4-8-14-23)42(37,38)24-15-9-12-22(18-24)32(35)36/h3-19H,2H2,1H3. The number of fused-ring (bicyclic) bond motifs is 1. The molecule has 0 saturated heterocycles. The number of para-hydroxylation sites is 1. The van der Waals surface area contributed by atoms with Crippen molar-refractivity contribution in [3.05, 3.63) is 119 Å². The van der Waals surface area contributed by atoms with Crippen LogP contribution in [-0.4, -0.2) is 32.0 Å². The Morgan fingerprint density at radius 1 is 0.905 bits per heavy atom. The SMILES string of the molecule is CCOC(=O)c1c(-c2ccccc2)oc2ccc(N(C(=O)Oc3ccccc3)S(=O)(=O)c3cccc([N+](=O)[O-])c3)cc12. The van der Waals surface area contributed by atoms with Crippen molar-refractivity contribution >= 4 is 44.4 Å². The van der Waals surface area contributed by atoms with Crippen molar-refractivity contribution in [1.82, 2.24) is 0 Å². The van der Waals surface area contributed by atoms with Gasteiger partial charge in [0.1, 0.15) is 22.7 Å². The summed E-state index contributed by atoms with van der Waals surface area (Å²) < 4.78 is 44.8. The largest absolute Gasteiger partial charge is 0.462 e. The molecule has 11 nitrogen and oxygen atoms in total. The Balaban J connectivity index is 1.71. The Morgan fingerprint density at radius 3 is 2.26 bits per heavy atom. The highest BCUT2D eigenvalue weighted by molar-refractivity contribution is 7.93. The normalized spacial score (nSPS) is 11.2. The Labute approximate surface area is 239 Å². The molecule has 1 heterocycles. The number of nitrogens with zero attached hydrogens (tertiary/aromatic N) is 2. The second-order valence-corrected chi connectivity index (χ2v) is 10.6. The maximum absolute atomic E-state index is 13.9. The van der Waals surface area contributed by atoms with Crippen molar-refractivity contribution in [3.8, 4) is 17.1 Å². The summed E-state index contributed by atoms with van der Waals surface area (Å²) in [6.45, 7) is 1.71. The van der Waals surface area contributed by atoms with E-state index in [1.165, 1.54) is 36.4 Å². The third kappa shape index (κ3) is 5.43. The summed E-state index contributed by atoms with van der Waals surface area (Å²) in [4.78, 5) is 36.7. The minimum atomic E-state index is -4.78. The second-order valence-electron chi connectivity index (χ2n) is 8.78. The van der Waals surface area contributed by atoms with Crippen LogP contribution in [0.4, 0.5) is 16.2 Å². The average Bonchev–Trinajstić information content (AvgIpc) is 3.37. The molecule has 0 aliphatic carbocycles. The molecule has 0 atom stereocenters. The number of benzene rings is 4. The third-order valence-electron chi connectivity index (χ3n) is 6.10. The predicted octanol–water partition coefficient (Wildman–Crippen LogP) is 6.58. The van der Waals surface area contributed by atoms with E-state index in [-0.39, 0.29) is 40.3 Å².